The molecule has 0 aliphatic carbocycles. The van der Waals surface area contributed by atoms with Crippen LogP contribution in [-0.4, -0.2) is 15.2 Å². The molecule has 0 aliphatic heterocycles. The van der Waals surface area contributed by atoms with Gasteiger partial charge in [0.1, 0.15) is 5.52 Å². The molecule has 0 unspecified atom stereocenters. The van der Waals surface area contributed by atoms with E-state index in [1.807, 2.05) is 0 Å². The zero-order chi connectivity index (χ0) is 11.0. The fourth-order valence-electron chi connectivity index (χ4n) is 1.49. The summed E-state index contributed by atoms with van der Waals surface area (Å²) in [6, 6.07) is 7.15. The highest BCUT2D eigenvalue weighted by atomic mass is 16.3. The number of aromatic nitrogens is 3. The van der Waals surface area contributed by atoms with Crippen LogP contribution < -0.4 is 5.73 Å². The molecule has 0 amide bonds. The molecule has 2 N–H and O–H groups in total. The topological polar surface area (TPSA) is 77.8 Å². The van der Waals surface area contributed by atoms with Gasteiger partial charge in [-0.25, -0.2) is 4.98 Å². The van der Waals surface area contributed by atoms with Gasteiger partial charge in [0.25, 0.3) is 0 Å². The zero-order valence-electron chi connectivity index (χ0n) is 8.29. The lowest BCUT2D eigenvalue weighted by Gasteiger charge is -1.90. The van der Waals surface area contributed by atoms with Crippen LogP contribution in [0, 0.1) is 0 Å². The molecule has 16 heavy (non-hydrogen) atoms. The van der Waals surface area contributed by atoms with Crippen molar-refractivity contribution in [2.45, 2.75) is 0 Å². The smallest absolute Gasteiger partial charge is 0.229 e. The summed E-state index contributed by atoms with van der Waals surface area (Å²) in [7, 11) is 0. The van der Waals surface area contributed by atoms with E-state index in [1.165, 1.54) is 0 Å². The van der Waals surface area contributed by atoms with Crippen LogP contribution in [0.25, 0.3) is 22.6 Å². The van der Waals surface area contributed by atoms with Crippen LogP contribution in [0.3, 0.4) is 0 Å². The average molecular weight is 212 g/mol. The summed E-state index contributed by atoms with van der Waals surface area (Å²) in [5.74, 6) is 0.524. The summed E-state index contributed by atoms with van der Waals surface area (Å²) in [5, 5.41) is 7.47. The largest absolute Gasteiger partial charge is 0.436 e. The Hall–Kier alpha value is -2.43. The number of nitrogen functional groups attached to an aromatic ring is 1. The summed E-state index contributed by atoms with van der Waals surface area (Å²) in [5.41, 5.74) is 8.58. The minimum absolute atomic E-state index is 0.524. The number of nitrogens with two attached hydrogens (primary N) is 1. The zero-order valence-corrected chi connectivity index (χ0v) is 8.29. The maximum absolute atomic E-state index is 5.67. The summed E-state index contributed by atoms with van der Waals surface area (Å²) in [6.07, 6.45) is 3.20. The fraction of sp³-hybridized carbons (Fsp3) is 0. The highest BCUT2D eigenvalue weighted by Gasteiger charge is 2.07. The molecule has 3 aromatic rings. The lowest BCUT2D eigenvalue weighted by Crippen LogP contribution is -1.83. The molecular weight excluding hydrogens is 204 g/mol. The van der Waals surface area contributed by atoms with E-state index in [4.69, 9.17) is 10.2 Å². The van der Waals surface area contributed by atoms with Crippen molar-refractivity contribution in [1.82, 2.24) is 15.2 Å². The fourth-order valence-corrected chi connectivity index (χ4v) is 1.49. The number of oxazole rings is 1. The van der Waals surface area contributed by atoms with Gasteiger partial charge in [0.2, 0.25) is 5.89 Å². The molecule has 3 rings (SSSR count). The highest BCUT2D eigenvalue weighted by molar-refractivity contribution is 5.79. The minimum atomic E-state index is 0.524. The van der Waals surface area contributed by atoms with E-state index in [1.54, 1.807) is 36.7 Å². The van der Waals surface area contributed by atoms with E-state index in [2.05, 4.69) is 15.2 Å². The third-order valence-corrected chi connectivity index (χ3v) is 2.24. The Morgan fingerprint density at radius 2 is 2.06 bits per heavy atom. The molecule has 2 heterocycles. The van der Waals surface area contributed by atoms with Crippen molar-refractivity contribution in [3.05, 3.63) is 36.7 Å². The van der Waals surface area contributed by atoms with E-state index in [9.17, 15) is 0 Å². The number of nitrogens with zero attached hydrogens (tertiary/aromatic N) is 3. The number of hydrogen-bond acceptors (Lipinski definition) is 5. The molecular formula is C11H8N4O. The standard InChI is InChI=1S/C11H8N4O/c12-8-1-2-10-9(5-8)15-11(16-10)7-3-4-13-14-6-7/h1-6H,12H2. The number of hydrogen-bond donors (Lipinski definition) is 1. The van der Waals surface area contributed by atoms with Gasteiger partial charge in [0.05, 0.1) is 18.0 Å². The number of rotatable bonds is 1. The first-order valence-corrected chi connectivity index (χ1v) is 4.76. The lowest BCUT2D eigenvalue weighted by molar-refractivity contribution is 0.619. The van der Waals surface area contributed by atoms with Gasteiger partial charge < -0.3 is 10.2 Å². The Bertz CT molecular complexity index is 633. The molecule has 0 saturated heterocycles. The van der Waals surface area contributed by atoms with Crippen LogP contribution in [0.15, 0.2) is 41.1 Å². The molecule has 0 aliphatic rings. The van der Waals surface area contributed by atoms with Gasteiger partial charge in [0.15, 0.2) is 5.58 Å². The quantitative estimate of drug-likeness (QED) is 0.623. The van der Waals surface area contributed by atoms with Gasteiger partial charge in [-0.3, -0.25) is 0 Å². The number of fused-ring (bicyclic) bond motifs is 1. The molecule has 0 spiro atoms. The van der Waals surface area contributed by atoms with Gasteiger partial charge in [-0.15, -0.1) is 0 Å². The van der Waals surface area contributed by atoms with E-state index in [0.29, 0.717) is 17.2 Å². The van der Waals surface area contributed by atoms with Gasteiger partial charge in [-0.1, -0.05) is 0 Å². The molecule has 78 valence electrons. The molecule has 2 aromatic heterocycles. The van der Waals surface area contributed by atoms with Gasteiger partial charge >= 0.3 is 0 Å². The molecule has 5 heteroatoms. The van der Waals surface area contributed by atoms with Crippen LogP contribution in [0.2, 0.25) is 0 Å². The molecule has 0 fully saturated rings. The number of benzene rings is 1. The van der Waals surface area contributed by atoms with Crippen molar-refractivity contribution in [2.75, 3.05) is 5.73 Å². The second-order valence-electron chi connectivity index (χ2n) is 3.38. The highest BCUT2D eigenvalue weighted by Crippen LogP contribution is 2.24. The van der Waals surface area contributed by atoms with Gasteiger partial charge in [-0.05, 0) is 24.3 Å². The predicted molar refractivity (Wildman–Crippen MR) is 59.4 cm³/mol. The van der Waals surface area contributed by atoms with Gasteiger partial charge in [-0.2, -0.15) is 10.2 Å². The maximum Gasteiger partial charge on any atom is 0.229 e. The van der Waals surface area contributed by atoms with Crippen LogP contribution in [0.4, 0.5) is 5.69 Å². The average Bonchev–Trinajstić information content (AvgIpc) is 2.73. The van der Waals surface area contributed by atoms with Crippen molar-refractivity contribution in [2.24, 2.45) is 0 Å². The summed E-state index contributed by atoms with van der Waals surface area (Å²) in [4.78, 5) is 4.33. The van der Waals surface area contributed by atoms with Crippen LogP contribution in [-0.2, 0) is 0 Å². The monoisotopic (exact) mass is 212 g/mol. The van der Waals surface area contributed by atoms with E-state index in [-0.39, 0.29) is 0 Å². The van der Waals surface area contributed by atoms with Crippen molar-refractivity contribution < 1.29 is 4.42 Å². The second-order valence-corrected chi connectivity index (χ2v) is 3.38. The van der Waals surface area contributed by atoms with Crippen molar-refractivity contribution >= 4 is 16.8 Å². The lowest BCUT2D eigenvalue weighted by atomic mass is 10.3. The van der Waals surface area contributed by atoms with Crippen molar-refractivity contribution in [3.8, 4) is 11.5 Å². The molecule has 0 radical (unpaired) electrons. The van der Waals surface area contributed by atoms with E-state index in [0.717, 1.165) is 11.1 Å². The Morgan fingerprint density at radius 3 is 2.88 bits per heavy atom. The van der Waals surface area contributed by atoms with E-state index < -0.39 is 0 Å². The van der Waals surface area contributed by atoms with Crippen molar-refractivity contribution in [1.29, 1.82) is 0 Å². The van der Waals surface area contributed by atoms with Crippen LogP contribution >= 0.6 is 0 Å². The first kappa shape index (κ1) is 8.84. The Morgan fingerprint density at radius 1 is 1.12 bits per heavy atom. The number of anilines is 1. The third kappa shape index (κ3) is 1.38. The Kier molecular flexibility index (Phi) is 1.83. The van der Waals surface area contributed by atoms with Gasteiger partial charge in [0, 0.05) is 5.69 Å². The van der Waals surface area contributed by atoms with E-state index >= 15 is 0 Å². The summed E-state index contributed by atoms with van der Waals surface area (Å²) < 4.78 is 5.57. The van der Waals surface area contributed by atoms with Crippen LogP contribution in [0.5, 0.6) is 0 Å². The first-order chi connectivity index (χ1) is 7.83. The predicted octanol–water partition coefficient (Wildman–Crippen LogP) is 1.87. The normalized spacial score (nSPS) is 10.8. The molecule has 0 atom stereocenters. The molecule has 0 bridgehead atoms. The Labute approximate surface area is 90.9 Å². The summed E-state index contributed by atoms with van der Waals surface area (Å²) in [6.45, 7) is 0. The molecule has 1 aromatic carbocycles. The SMILES string of the molecule is Nc1ccc2oc(-c3ccnnc3)nc2c1. The molecule has 5 nitrogen and oxygen atoms in total. The molecule has 0 saturated carbocycles. The summed E-state index contributed by atoms with van der Waals surface area (Å²) >= 11 is 0. The van der Waals surface area contributed by atoms with Crippen molar-refractivity contribution in [3.63, 3.8) is 0 Å². The van der Waals surface area contributed by atoms with Crippen LogP contribution in [0.1, 0.15) is 0 Å². The third-order valence-electron chi connectivity index (χ3n) is 2.24. The maximum atomic E-state index is 5.67. The Balaban J connectivity index is 2.19. The first-order valence-electron chi connectivity index (χ1n) is 4.76. The minimum Gasteiger partial charge on any atom is -0.436 e. The second kappa shape index (κ2) is 3.30.